The Labute approximate surface area is 110 Å². The van der Waals surface area contributed by atoms with Crippen molar-refractivity contribution in [3.05, 3.63) is 16.1 Å². The molecule has 1 aliphatic rings. The number of nitrogens with one attached hydrogen (secondary N) is 2. The van der Waals surface area contributed by atoms with Crippen molar-refractivity contribution >= 4 is 34.8 Å². The zero-order chi connectivity index (χ0) is 12.3. The van der Waals surface area contributed by atoms with Gasteiger partial charge >= 0.3 is 0 Å². The molecule has 17 heavy (non-hydrogen) atoms. The van der Waals surface area contributed by atoms with Gasteiger partial charge in [-0.2, -0.15) is 0 Å². The molecule has 2 heterocycles. The topological polar surface area (TPSA) is 49.4 Å². The zero-order valence-corrected chi connectivity index (χ0v) is 11.0. The lowest BCUT2D eigenvalue weighted by Gasteiger charge is -2.27. The van der Waals surface area contributed by atoms with Crippen LogP contribution < -0.4 is 10.7 Å². The molecule has 0 saturated carbocycles. The van der Waals surface area contributed by atoms with Crippen LogP contribution in [0.3, 0.4) is 0 Å². The van der Waals surface area contributed by atoms with Crippen LogP contribution in [-0.4, -0.2) is 43.3 Å². The van der Waals surface area contributed by atoms with Gasteiger partial charge in [-0.3, -0.25) is 0 Å². The van der Waals surface area contributed by atoms with Gasteiger partial charge in [0.15, 0.2) is 5.82 Å². The summed E-state index contributed by atoms with van der Waals surface area (Å²) < 4.78 is 5.26. The number of rotatable bonds is 3. The molecule has 1 aromatic rings. The van der Waals surface area contributed by atoms with Crippen LogP contribution in [-0.2, 0) is 4.74 Å². The van der Waals surface area contributed by atoms with Crippen molar-refractivity contribution in [2.75, 3.05) is 44.1 Å². The maximum atomic E-state index is 6.08. The van der Waals surface area contributed by atoms with Crippen LogP contribution in [0.2, 0.25) is 10.0 Å². The summed E-state index contributed by atoms with van der Waals surface area (Å²) in [5, 5.41) is 5.94. The molecule has 1 saturated heterocycles. The predicted molar refractivity (Wildman–Crippen MR) is 69.8 cm³/mol. The summed E-state index contributed by atoms with van der Waals surface area (Å²) in [6, 6.07) is 1.67. The summed E-state index contributed by atoms with van der Waals surface area (Å²) in [4.78, 5) is 4.32. The molecule has 0 aliphatic carbocycles. The molecule has 7 heteroatoms. The Morgan fingerprint density at radius 2 is 1.88 bits per heavy atom. The summed E-state index contributed by atoms with van der Waals surface area (Å²) in [6.45, 7) is 3.01. The normalized spacial score (nSPS) is 16.9. The van der Waals surface area contributed by atoms with Crippen molar-refractivity contribution in [2.24, 2.45) is 0 Å². The summed E-state index contributed by atoms with van der Waals surface area (Å²) in [6.07, 6.45) is 0. The average molecular weight is 277 g/mol. The number of hydrazine groups is 1. The van der Waals surface area contributed by atoms with Crippen LogP contribution in [0.4, 0.5) is 11.6 Å². The molecule has 5 nitrogen and oxygen atoms in total. The largest absolute Gasteiger partial charge is 0.379 e. The molecule has 1 aromatic heterocycles. The van der Waals surface area contributed by atoms with Gasteiger partial charge in [0.05, 0.1) is 23.3 Å². The van der Waals surface area contributed by atoms with E-state index in [1.807, 2.05) is 5.01 Å². The number of nitrogens with zero attached hydrogens (tertiary/aromatic N) is 2. The van der Waals surface area contributed by atoms with Crippen LogP contribution in [0, 0.1) is 0 Å². The number of pyridine rings is 1. The molecule has 0 aromatic carbocycles. The van der Waals surface area contributed by atoms with Gasteiger partial charge in [-0.15, -0.1) is 0 Å². The van der Waals surface area contributed by atoms with Crippen molar-refractivity contribution in [1.82, 2.24) is 9.99 Å². The standard InChI is InChI=1S/C10H14Cl2N4O/c1-13-9-7(11)6-8(12)10(14-9)15-16-2-4-17-5-3-16/h6H,2-5H2,1H3,(H2,13,14,15). The smallest absolute Gasteiger partial charge is 0.161 e. The molecule has 0 radical (unpaired) electrons. The molecular formula is C10H14Cl2N4O. The summed E-state index contributed by atoms with van der Waals surface area (Å²) in [7, 11) is 1.76. The number of hydrogen-bond donors (Lipinski definition) is 2. The van der Waals surface area contributed by atoms with E-state index in [1.54, 1.807) is 13.1 Å². The third kappa shape index (κ3) is 3.13. The van der Waals surface area contributed by atoms with E-state index in [0.29, 0.717) is 34.9 Å². The first-order valence-corrected chi connectivity index (χ1v) is 6.09. The van der Waals surface area contributed by atoms with Crippen LogP contribution in [0.1, 0.15) is 0 Å². The number of ether oxygens (including phenoxy) is 1. The summed E-state index contributed by atoms with van der Waals surface area (Å²) in [5.74, 6) is 1.20. The Hall–Kier alpha value is -0.750. The third-order valence-corrected chi connectivity index (χ3v) is 3.02. The summed E-state index contributed by atoms with van der Waals surface area (Å²) >= 11 is 12.1. The average Bonchev–Trinajstić information content (AvgIpc) is 2.34. The minimum atomic E-state index is 0.500. The lowest BCUT2D eigenvalue weighted by Crippen LogP contribution is -2.40. The van der Waals surface area contributed by atoms with Gasteiger partial charge in [-0.05, 0) is 6.07 Å². The van der Waals surface area contributed by atoms with Gasteiger partial charge in [0.2, 0.25) is 0 Å². The van der Waals surface area contributed by atoms with E-state index in [0.717, 1.165) is 13.1 Å². The predicted octanol–water partition coefficient (Wildman–Crippen LogP) is 2.09. The highest BCUT2D eigenvalue weighted by atomic mass is 35.5. The Balaban J connectivity index is 2.13. The third-order valence-electron chi connectivity index (χ3n) is 2.44. The number of aromatic nitrogens is 1. The fraction of sp³-hybridized carbons (Fsp3) is 0.500. The lowest BCUT2D eigenvalue weighted by atomic mass is 10.4. The van der Waals surface area contributed by atoms with Crippen LogP contribution in [0.15, 0.2) is 6.07 Å². The SMILES string of the molecule is CNc1nc(NN2CCOCC2)c(Cl)cc1Cl. The second-order valence-corrected chi connectivity index (χ2v) is 4.42. The molecular weight excluding hydrogens is 263 g/mol. The fourth-order valence-electron chi connectivity index (χ4n) is 1.55. The molecule has 2 rings (SSSR count). The molecule has 0 unspecified atom stereocenters. The van der Waals surface area contributed by atoms with Gasteiger partial charge in [0.1, 0.15) is 5.82 Å². The lowest BCUT2D eigenvalue weighted by molar-refractivity contribution is 0.0495. The van der Waals surface area contributed by atoms with Gasteiger partial charge in [0, 0.05) is 20.1 Å². The molecule has 0 spiro atoms. The Kier molecular flexibility index (Phi) is 4.28. The van der Waals surface area contributed by atoms with Gasteiger partial charge in [-0.1, -0.05) is 23.2 Å². The highest BCUT2D eigenvalue weighted by Crippen LogP contribution is 2.29. The minimum Gasteiger partial charge on any atom is -0.379 e. The van der Waals surface area contributed by atoms with Crippen molar-refractivity contribution in [3.8, 4) is 0 Å². The van der Waals surface area contributed by atoms with E-state index in [9.17, 15) is 0 Å². The van der Waals surface area contributed by atoms with Gasteiger partial charge in [0.25, 0.3) is 0 Å². The number of hydrogen-bond acceptors (Lipinski definition) is 5. The quantitative estimate of drug-likeness (QED) is 0.886. The van der Waals surface area contributed by atoms with Crippen molar-refractivity contribution in [1.29, 1.82) is 0 Å². The molecule has 2 N–H and O–H groups in total. The van der Waals surface area contributed by atoms with E-state index in [4.69, 9.17) is 27.9 Å². The molecule has 0 atom stereocenters. The van der Waals surface area contributed by atoms with Gasteiger partial charge in [-0.25, -0.2) is 9.99 Å². The first-order chi connectivity index (χ1) is 8.20. The maximum Gasteiger partial charge on any atom is 0.161 e. The van der Waals surface area contributed by atoms with E-state index < -0.39 is 0 Å². The molecule has 94 valence electrons. The van der Waals surface area contributed by atoms with Crippen molar-refractivity contribution in [2.45, 2.75) is 0 Å². The highest BCUT2D eigenvalue weighted by Gasteiger charge is 2.14. The van der Waals surface area contributed by atoms with Crippen LogP contribution in [0.25, 0.3) is 0 Å². The Bertz CT molecular complexity index is 396. The molecule has 1 fully saturated rings. The number of anilines is 2. The second-order valence-electron chi connectivity index (χ2n) is 3.61. The fourth-order valence-corrected chi connectivity index (χ4v) is 2.04. The number of halogens is 2. The van der Waals surface area contributed by atoms with E-state index >= 15 is 0 Å². The van der Waals surface area contributed by atoms with E-state index in [-0.39, 0.29) is 0 Å². The Morgan fingerprint density at radius 1 is 1.24 bits per heavy atom. The number of morpholine rings is 1. The van der Waals surface area contributed by atoms with E-state index in [1.165, 1.54) is 0 Å². The molecule has 0 bridgehead atoms. The highest BCUT2D eigenvalue weighted by molar-refractivity contribution is 6.37. The maximum absolute atomic E-state index is 6.08. The van der Waals surface area contributed by atoms with Crippen molar-refractivity contribution < 1.29 is 4.74 Å². The first kappa shape index (κ1) is 12.7. The molecule has 0 amide bonds. The molecule has 1 aliphatic heterocycles. The van der Waals surface area contributed by atoms with Crippen LogP contribution in [0.5, 0.6) is 0 Å². The Morgan fingerprint density at radius 3 is 2.53 bits per heavy atom. The van der Waals surface area contributed by atoms with Gasteiger partial charge < -0.3 is 15.5 Å². The zero-order valence-electron chi connectivity index (χ0n) is 9.46. The summed E-state index contributed by atoms with van der Waals surface area (Å²) in [5.41, 5.74) is 3.16. The second kappa shape index (κ2) is 5.73. The van der Waals surface area contributed by atoms with Crippen LogP contribution >= 0.6 is 23.2 Å². The van der Waals surface area contributed by atoms with E-state index in [2.05, 4.69) is 15.7 Å². The van der Waals surface area contributed by atoms with Crippen molar-refractivity contribution in [3.63, 3.8) is 0 Å². The first-order valence-electron chi connectivity index (χ1n) is 5.34. The minimum absolute atomic E-state index is 0.500. The monoisotopic (exact) mass is 276 g/mol.